The summed E-state index contributed by atoms with van der Waals surface area (Å²) in [6, 6.07) is 0.919. The monoisotopic (exact) mass is 473 g/mol. The number of allylic oxidation sites excluding steroid dienone is 2. The predicted octanol–water partition coefficient (Wildman–Crippen LogP) is 4.78. The van der Waals surface area contributed by atoms with E-state index in [1.807, 2.05) is 19.1 Å². The Balaban J connectivity index is 1.69. The summed E-state index contributed by atoms with van der Waals surface area (Å²) in [6.07, 6.45) is 10.2. The van der Waals surface area contributed by atoms with Crippen LogP contribution in [0.25, 0.3) is 11.0 Å². The third kappa shape index (κ3) is 5.13. The van der Waals surface area contributed by atoms with Gasteiger partial charge in [-0.05, 0) is 57.2 Å². The van der Waals surface area contributed by atoms with Gasteiger partial charge in [-0.3, -0.25) is 0 Å². The van der Waals surface area contributed by atoms with Crippen molar-refractivity contribution < 1.29 is 17.9 Å². The van der Waals surface area contributed by atoms with E-state index < -0.39 is 11.9 Å². The smallest absolute Gasteiger partial charge is 0.381 e. The standard InChI is InChI=1S/C25H30F3N5O/c1-4-6-18-17(5-2)7-8-20(33(3)14-16-9-11-34-12-10-16)22(18)32-24-19-13-21(25(26,27)28)31-23(19)29-15-30-24/h2,4,6,13,15-16,20,22H,7-12,14H2,1,3H3,(H2,29,30,31,32)/b6-4-/t20-,22-/m0/s1. The van der Waals surface area contributed by atoms with Crippen LogP contribution in [0.3, 0.4) is 0 Å². The maximum atomic E-state index is 13.3. The zero-order valence-electron chi connectivity index (χ0n) is 19.5. The number of ether oxygens (including phenoxy) is 1. The number of H-pyrrole nitrogens is 1. The van der Waals surface area contributed by atoms with Crippen LogP contribution in [0.2, 0.25) is 0 Å². The number of hydrogen-bond donors (Lipinski definition) is 2. The second-order valence-electron chi connectivity index (χ2n) is 8.97. The van der Waals surface area contributed by atoms with Crippen LogP contribution in [-0.4, -0.2) is 58.7 Å². The van der Waals surface area contributed by atoms with Crippen molar-refractivity contribution in [3.63, 3.8) is 0 Å². The number of likely N-dealkylation sites (N-methyl/N-ethyl adjacent to an activating group) is 1. The third-order valence-electron chi connectivity index (χ3n) is 6.76. The Morgan fingerprint density at radius 2 is 2.06 bits per heavy atom. The van der Waals surface area contributed by atoms with E-state index in [9.17, 15) is 13.2 Å². The predicted molar refractivity (Wildman–Crippen MR) is 126 cm³/mol. The molecule has 2 aromatic heterocycles. The zero-order chi connectivity index (χ0) is 24.3. The number of rotatable bonds is 6. The molecule has 6 nitrogen and oxygen atoms in total. The molecule has 1 fully saturated rings. The molecule has 0 saturated carbocycles. The number of nitrogens with zero attached hydrogens (tertiary/aromatic N) is 3. The number of alkyl halides is 3. The van der Waals surface area contributed by atoms with E-state index in [0.717, 1.165) is 62.7 Å². The summed E-state index contributed by atoms with van der Waals surface area (Å²) >= 11 is 0. The molecule has 0 aromatic carbocycles. The Morgan fingerprint density at radius 3 is 2.74 bits per heavy atom. The SMILES string of the molecule is C#CC1=C(/C=C\C)[C@H](Nc2ncnc3[nH]c(C(F)(F)F)cc23)[C@@H](N(C)CC2CCOCC2)CC1. The summed E-state index contributed by atoms with van der Waals surface area (Å²) in [4.78, 5) is 13.0. The topological polar surface area (TPSA) is 66.1 Å². The van der Waals surface area contributed by atoms with Crippen molar-refractivity contribution in [2.24, 2.45) is 5.92 Å². The van der Waals surface area contributed by atoms with Gasteiger partial charge >= 0.3 is 6.18 Å². The highest BCUT2D eigenvalue weighted by Gasteiger charge is 2.36. The first-order chi connectivity index (χ1) is 16.3. The van der Waals surface area contributed by atoms with Gasteiger partial charge in [0, 0.05) is 31.4 Å². The van der Waals surface area contributed by atoms with E-state index in [4.69, 9.17) is 11.2 Å². The van der Waals surface area contributed by atoms with Crippen LogP contribution in [-0.2, 0) is 10.9 Å². The molecule has 2 atom stereocenters. The lowest BCUT2D eigenvalue weighted by Crippen LogP contribution is -2.50. The fourth-order valence-electron chi connectivity index (χ4n) is 5.01. The van der Waals surface area contributed by atoms with Crippen molar-refractivity contribution in [2.45, 2.75) is 50.9 Å². The number of anilines is 1. The Morgan fingerprint density at radius 1 is 1.29 bits per heavy atom. The number of fused-ring (bicyclic) bond motifs is 1. The molecule has 0 amide bonds. The van der Waals surface area contributed by atoms with Crippen LogP contribution in [0.5, 0.6) is 0 Å². The highest BCUT2D eigenvalue weighted by Crippen LogP contribution is 2.35. The molecule has 0 bridgehead atoms. The average Bonchev–Trinajstić information content (AvgIpc) is 3.27. The third-order valence-corrected chi connectivity index (χ3v) is 6.76. The minimum absolute atomic E-state index is 0.0946. The lowest BCUT2D eigenvalue weighted by molar-refractivity contribution is -0.140. The number of terminal acetylenes is 1. The van der Waals surface area contributed by atoms with Gasteiger partial charge in [0.05, 0.1) is 11.4 Å². The van der Waals surface area contributed by atoms with E-state index >= 15 is 0 Å². The lowest BCUT2D eigenvalue weighted by atomic mass is 9.82. The first-order valence-corrected chi connectivity index (χ1v) is 11.6. The molecule has 1 aliphatic carbocycles. The van der Waals surface area contributed by atoms with Crippen molar-refractivity contribution in [3.05, 3.63) is 41.4 Å². The molecule has 9 heteroatoms. The maximum Gasteiger partial charge on any atom is 0.431 e. The van der Waals surface area contributed by atoms with Crippen LogP contribution < -0.4 is 5.32 Å². The molecule has 0 unspecified atom stereocenters. The summed E-state index contributed by atoms with van der Waals surface area (Å²) in [7, 11) is 2.11. The van der Waals surface area contributed by atoms with Crippen LogP contribution in [0.4, 0.5) is 19.0 Å². The largest absolute Gasteiger partial charge is 0.431 e. The normalized spacial score (nSPS) is 22.6. The van der Waals surface area contributed by atoms with Gasteiger partial charge in [-0.25, -0.2) is 9.97 Å². The summed E-state index contributed by atoms with van der Waals surface area (Å²) in [5.74, 6) is 3.72. The molecule has 182 valence electrons. The van der Waals surface area contributed by atoms with Crippen LogP contribution in [0.15, 0.2) is 35.7 Å². The van der Waals surface area contributed by atoms with E-state index in [1.165, 1.54) is 6.33 Å². The van der Waals surface area contributed by atoms with E-state index in [-0.39, 0.29) is 17.7 Å². The molecule has 34 heavy (non-hydrogen) atoms. The number of nitrogens with one attached hydrogen (secondary N) is 2. The number of halogens is 3. The Labute approximate surface area is 197 Å². The molecule has 0 radical (unpaired) electrons. The van der Waals surface area contributed by atoms with E-state index in [0.29, 0.717) is 17.1 Å². The van der Waals surface area contributed by atoms with Gasteiger partial charge in [-0.2, -0.15) is 13.2 Å². The van der Waals surface area contributed by atoms with Crippen molar-refractivity contribution in [1.82, 2.24) is 19.9 Å². The molecule has 3 heterocycles. The van der Waals surface area contributed by atoms with Crippen LogP contribution >= 0.6 is 0 Å². The van der Waals surface area contributed by atoms with Crippen LogP contribution in [0.1, 0.15) is 38.3 Å². The highest BCUT2D eigenvalue weighted by molar-refractivity contribution is 5.88. The van der Waals surface area contributed by atoms with Crippen LogP contribution in [0, 0.1) is 18.3 Å². The minimum atomic E-state index is -4.50. The zero-order valence-corrected chi connectivity index (χ0v) is 19.5. The first-order valence-electron chi connectivity index (χ1n) is 11.6. The number of hydrogen-bond acceptors (Lipinski definition) is 5. The Bertz CT molecular complexity index is 1110. The quantitative estimate of drug-likeness (QED) is 0.591. The molecular formula is C25H30F3N5O. The van der Waals surface area contributed by atoms with Crippen molar-refractivity contribution in [1.29, 1.82) is 0 Å². The Kier molecular flexibility index (Phi) is 7.29. The summed E-state index contributed by atoms with van der Waals surface area (Å²) in [6.45, 7) is 4.41. The second-order valence-corrected chi connectivity index (χ2v) is 8.97. The second kappa shape index (κ2) is 10.2. The van der Waals surface area contributed by atoms with Crippen molar-refractivity contribution in [2.75, 3.05) is 32.1 Å². The van der Waals surface area contributed by atoms with E-state index in [1.54, 1.807) is 0 Å². The molecule has 2 aliphatic rings. The molecule has 2 aromatic rings. The van der Waals surface area contributed by atoms with Gasteiger partial charge in [-0.1, -0.05) is 18.1 Å². The van der Waals surface area contributed by atoms with Crippen molar-refractivity contribution >= 4 is 16.9 Å². The van der Waals surface area contributed by atoms with Gasteiger partial charge < -0.3 is 19.9 Å². The van der Waals surface area contributed by atoms with Gasteiger partial charge in [-0.15, -0.1) is 6.42 Å². The molecular weight excluding hydrogens is 443 g/mol. The summed E-state index contributed by atoms with van der Waals surface area (Å²) < 4.78 is 45.4. The maximum absolute atomic E-state index is 13.3. The molecule has 1 aliphatic heterocycles. The minimum Gasteiger partial charge on any atom is -0.381 e. The molecule has 0 spiro atoms. The van der Waals surface area contributed by atoms with E-state index in [2.05, 4.69) is 38.1 Å². The fraction of sp³-hybridized carbons (Fsp3) is 0.520. The van der Waals surface area contributed by atoms with Gasteiger partial charge in [0.1, 0.15) is 23.5 Å². The van der Waals surface area contributed by atoms with Gasteiger partial charge in [0.25, 0.3) is 0 Å². The number of aromatic nitrogens is 3. The summed E-state index contributed by atoms with van der Waals surface area (Å²) in [5, 5.41) is 3.75. The average molecular weight is 474 g/mol. The Hall–Kier alpha value is -2.83. The van der Waals surface area contributed by atoms with Crippen molar-refractivity contribution in [3.8, 4) is 12.3 Å². The fourth-order valence-corrected chi connectivity index (χ4v) is 5.01. The molecule has 1 saturated heterocycles. The highest BCUT2D eigenvalue weighted by atomic mass is 19.4. The molecule has 2 N–H and O–H groups in total. The van der Waals surface area contributed by atoms with Gasteiger partial charge in [0.15, 0.2) is 0 Å². The summed E-state index contributed by atoms with van der Waals surface area (Å²) in [5.41, 5.74) is 1.16. The van der Waals surface area contributed by atoms with Gasteiger partial charge in [0.2, 0.25) is 0 Å². The first kappa shape index (κ1) is 24.3. The molecule has 4 rings (SSSR count). The number of aromatic amines is 1. The lowest BCUT2D eigenvalue weighted by Gasteiger charge is -2.41.